The van der Waals surface area contributed by atoms with Crippen molar-refractivity contribution in [3.05, 3.63) is 52.4 Å². The van der Waals surface area contributed by atoms with Crippen LogP contribution in [-0.2, 0) is 19.0 Å². The minimum atomic E-state index is -4.52. The second-order valence-electron chi connectivity index (χ2n) is 5.60. The highest BCUT2D eigenvalue weighted by atomic mass is 35.5. The molecule has 2 N–H and O–H groups in total. The molecule has 0 bridgehead atoms. The van der Waals surface area contributed by atoms with Gasteiger partial charge in [0, 0.05) is 12.6 Å². The quantitative estimate of drug-likeness (QED) is 0.752. The number of hydrogen-bond acceptors (Lipinski definition) is 3. The van der Waals surface area contributed by atoms with Crippen LogP contribution in [0.15, 0.2) is 30.5 Å². The van der Waals surface area contributed by atoms with Gasteiger partial charge in [0.25, 0.3) is 0 Å². The van der Waals surface area contributed by atoms with Crippen molar-refractivity contribution in [2.24, 2.45) is 5.73 Å². The van der Waals surface area contributed by atoms with Crippen LogP contribution in [0.4, 0.5) is 13.2 Å². The summed E-state index contributed by atoms with van der Waals surface area (Å²) in [6.45, 7) is 2.40. The van der Waals surface area contributed by atoms with E-state index >= 15 is 0 Å². The van der Waals surface area contributed by atoms with Gasteiger partial charge in [-0.2, -0.15) is 13.2 Å². The van der Waals surface area contributed by atoms with E-state index in [1.54, 1.807) is 16.8 Å². The molecule has 0 atom stereocenters. The van der Waals surface area contributed by atoms with Crippen LogP contribution in [0.5, 0.6) is 0 Å². The summed E-state index contributed by atoms with van der Waals surface area (Å²) in [5.74, 6) is 1.19. The van der Waals surface area contributed by atoms with Crippen molar-refractivity contribution in [1.29, 1.82) is 0 Å². The number of fused-ring (bicyclic) bond motifs is 1. The maximum atomic E-state index is 13.1. The Morgan fingerprint density at radius 2 is 2.00 bits per heavy atom. The molecule has 0 aliphatic carbocycles. The first-order valence-corrected chi connectivity index (χ1v) is 8.16. The number of halogens is 4. The summed E-state index contributed by atoms with van der Waals surface area (Å²) in [4.78, 5) is 8.73. The average Bonchev–Trinajstić information content (AvgIpc) is 2.92. The van der Waals surface area contributed by atoms with Gasteiger partial charge in [-0.25, -0.2) is 9.97 Å². The van der Waals surface area contributed by atoms with Gasteiger partial charge in [0.05, 0.1) is 21.6 Å². The third-order valence-corrected chi connectivity index (χ3v) is 4.22. The number of aryl methyl sites for hydroxylation is 1. The lowest BCUT2D eigenvalue weighted by Crippen LogP contribution is -2.07. The monoisotopic (exact) mass is 368 g/mol. The van der Waals surface area contributed by atoms with Gasteiger partial charge in [0.15, 0.2) is 0 Å². The van der Waals surface area contributed by atoms with Crippen LogP contribution in [0.3, 0.4) is 0 Å². The zero-order valence-corrected chi connectivity index (χ0v) is 14.2. The fourth-order valence-electron chi connectivity index (χ4n) is 2.72. The van der Waals surface area contributed by atoms with Gasteiger partial charge in [-0.3, -0.25) is 4.57 Å². The van der Waals surface area contributed by atoms with Crippen LogP contribution in [0.2, 0.25) is 5.02 Å². The van der Waals surface area contributed by atoms with Crippen molar-refractivity contribution in [3.8, 4) is 5.82 Å². The second-order valence-corrected chi connectivity index (χ2v) is 6.01. The minimum absolute atomic E-state index is 0.237. The highest BCUT2D eigenvalue weighted by Gasteiger charge is 2.34. The number of pyridine rings is 1. The summed E-state index contributed by atoms with van der Waals surface area (Å²) in [6.07, 6.45) is -1.57. The van der Waals surface area contributed by atoms with Crippen LogP contribution in [0.25, 0.3) is 16.9 Å². The van der Waals surface area contributed by atoms with Crippen LogP contribution < -0.4 is 5.73 Å². The zero-order chi connectivity index (χ0) is 18.2. The van der Waals surface area contributed by atoms with Crippen LogP contribution in [0.1, 0.15) is 23.9 Å². The zero-order valence-electron chi connectivity index (χ0n) is 13.4. The minimum Gasteiger partial charge on any atom is -0.330 e. The fraction of sp³-hybridized carbons (Fsp3) is 0.294. The summed E-state index contributed by atoms with van der Waals surface area (Å²) >= 11 is 5.87. The molecule has 2 aromatic heterocycles. The standard InChI is InChI=1S/C17H16ClF3N4/c1-2-15-24-13-7-11(17(19,20)21)12(18)8-14(13)25(15)16-4-3-10(5-6-22)9-23-16/h3-4,7-9H,2,5-6,22H2,1H3. The van der Waals surface area contributed by atoms with E-state index in [4.69, 9.17) is 17.3 Å². The molecule has 0 unspecified atom stereocenters. The van der Waals surface area contributed by atoms with Crippen molar-refractivity contribution in [2.45, 2.75) is 25.9 Å². The van der Waals surface area contributed by atoms with E-state index in [-0.39, 0.29) is 10.5 Å². The molecule has 3 aromatic rings. The lowest BCUT2D eigenvalue weighted by atomic mass is 10.2. The number of imidazole rings is 1. The molecule has 1 aromatic carbocycles. The van der Waals surface area contributed by atoms with Crippen LogP contribution in [-0.4, -0.2) is 21.1 Å². The summed E-state index contributed by atoms with van der Waals surface area (Å²) in [6, 6.07) is 5.97. The first-order valence-electron chi connectivity index (χ1n) is 7.78. The molecule has 0 aliphatic rings. The predicted octanol–water partition coefficient (Wildman–Crippen LogP) is 4.16. The SMILES string of the molecule is CCc1nc2cc(C(F)(F)F)c(Cl)cc2n1-c1ccc(CCN)cn1. The molecule has 4 nitrogen and oxygen atoms in total. The Labute approximate surface area is 147 Å². The van der Waals surface area contributed by atoms with Crippen molar-refractivity contribution < 1.29 is 13.2 Å². The molecule has 132 valence electrons. The Hall–Kier alpha value is -2.12. The van der Waals surface area contributed by atoms with E-state index in [0.717, 1.165) is 11.6 Å². The lowest BCUT2D eigenvalue weighted by molar-refractivity contribution is -0.137. The Morgan fingerprint density at radius 1 is 1.24 bits per heavy atom. The molecule has 0 radical (unpaired) electrons. The Kier molecular flexibility index (Phi) is 4.71. The molecule has 0 aliphatic heterocycles. The van der Waals surface area contributed by atoms with Crippen molar-refractivity contribution in [3.63, 3.8) is 0 Å². The molecule has 0 amide bonds. The molecule has 8 heteroatoms. The van der Waals surface area contributed by atoms with E-state index < -0.39 is 11.7 Å². The molecule has 0 spiro atoms. The van der Waals surface area contributed by atoms with Crippen molar-refractivity contribution >= 4 is 22.6 Å². The topological polar surface area (TPSA) is 56.7 Å². The molecule has 0 saturated heterocycles. The van der Waals surface area contributed by atoms with Gasteiger partial charge in [-0.1, -0.05) is 24.6 Å². The fourth-order valence-corrected chi connectivity index (χ4v) is 2.99. The van der Waals surface area contributed by atoms with Gasteiger partial charge >= 0.3 is 6.18 Å². The van der Waals surface area contributed by atoms with E-state index in [0.29, 0.717) is 36.5 Å². The molecule has 0 saturated carbocycles. The normalized spacial score (nSPS) is 12.1. The van der Waals surface area contributed by atoms with Crippen molar-refractivity contribution in [2.75, 3.05) is 6.54 Å². The highest BCUT2D eigenvalue weighted by Crippen LogP contribution is 2.37. The van der Waals surface area contributed by atoms with E-state index in [2.05, 4.69) is 9.97 Å². The van der Waals surface area contributed by atoms with Crippen molar-refractivity contribution in [1.82, 2.24) is 14.5 Å². The maximum absolute atomic E-state index is 13.1. The maximum Gasteiger partial charge on any atom is 0.417 e. The van der Waals surface area contributed by atoms with Gasteiger partial charge in [0.2, 0.25) is 0 Å². The summed E-state index contributed by atoms with van der Waals surface area (Å²) < 4.78 is 40.9. The van der Waals surface area contributed by atoms with E-state index in [1.807, 2.05) is 13.0 Å². The average molecular weight is 369 g/mol. The Bertz CT molecular complexity index is 901. The highest BCUT2D eigenvalue weighted by molar-refractivity contribution is 6.32. The van der Waals surface area contributed by atoms with Gasteiger partial charge in [0.1, 0.15) is 11.6 Å². The van der Waals surface area contributed by atoms with Gasteiger partial charge in [-0.15, -0.1) is 0 Å². The Balaban J connectivity index is 2.18. The third kappa shape index (κ3) is 3.34. The molecule has 0 fully saturated rings. The molecule has 25 heavy (non-hydrogen) atoms. The number of aromatic nitrogens is 3. The first-order chi connectivity index (χ1) is 11.8. The van der Waals surface area contributed by atoms with Gasteiger partial charge < -0.3 is 5.73 Å². The number of rotatable bonds is 4. The largest absolute Gasteiger partial charge is 0.417 e. The second kappa shape index (κ2) is 6.65. The lowest BCUT2D eigenvalue weighted by Gasteiger charge is -2.11. The van der Waals surface area contributed by atoms with E-state index in [1.165, 1.54) is 6.07 Å². The number of nitrogens with two attached hydrogens (primary N) is 1. The van der Waals surface area contributed by atoms with E-state index in [9.17, 15) is 13.2 Å². The number of nitrogens with zero attached hydrogens (tertiary/aromatic N) is 3. The van der Waals surface area contributed by atoms with Crippen LogP contribution >= 0.6 is 11.6 Å². The number of hydrogen-bond donors (Lipinski definition) is 1. The third-order valence-electron chi connectivity index (χ3n) is 3.91. The van der Waals surface area contributed by atoms with Crippen LogP contribution in [0, 0.1) is 0 Å². The summed E-state index contributed by atoms with van der Waals surface area (Å²) in [7, 11) is 0. The number of alkyl halides is 3. The molecule has 3 rings (SSSR count). The molecule has 2 heterocycles. The molecular formula is C17H16ClF3N4. The summed E-state index contributed by atoms with van der Waals surface area (Å²) in [5, 5.41) is -0.358. The Morgan fingerprint density at radius 3 is 2.56 bits per heavy atom. The first kappa shape index (κ1) is 17.7. The number of benzene rings is 1. The smallest absolute Gasteiger partial charge is 0.330 e. The predicted molar refractivity (Wildman–Crippen MR) is 91.0 cm³/mol. The van der Waals surface area contributed by atoms with Gasteiger partial charge in [-0.05, 0) is 36.7 Å². The summed E-state index contributed by atoms with van der Waals surface area (Å²) in [5.41, 5.74) is 6.36. The molecular weight excluding hydrogens is 353 g/mol.